The Bertz CT molecular complexity index is 386. The Morgan fingerprint density at radius 1 is 1.25 bits per heavy atom. The Morgan fingerprint density at radius 2 is 1.85 bits per heavy atom. The molecule has 0 aromatic carbocycles. The van der Waals surface area contributed by atoms with Gasteiger partial charge in [0, 0.05) is 6.54 Å². The summed E-state index contributed by atoms with van der Waals surface area (Å²) in [5.41, 5.74) is 10.4. The smallest absolute Gasteiger partial charge is 0.326 e. The molecular weight excluding hydrogens is 270 g/mol. The summed E-state index contributed by atoms with van der Waals surface area (Å²) in [5, 5.41) is 29.0. The molecule has 0 radical (unpaired) electrons. The van der Waals surface area contributed by atoms with Crippen molar-refractivity contribution >= 4 is 23.8 Å². The maximum atomic E-state index is 11.5. The van der Waals surface area contributed by atoms with Gasteiger partial charge in [0.15, 0.2) is 5.96 Å². The third-order valence-electron chi connectivity index (χ3n) is 2.33. The van der Waals surface area contributed by atoms with E-state index in [0.717, 1.165) is 0 Å². The van der Waals surface area contributed by atoms with Gasteiger partial charge < -0.3 is 32.3 Å². The van der Waals surface area contributed by atoms with Gasteiger partial charge in [0.1, 0.15) is 6.04 Å². The summed E-state index contributed by atoms with van der Waals surface area (Å²) in [4.78, 5) is 32.8. The summed E-state index contributed by atoms with van der Waals surface area (Å²) in [6.07, 6.45) is -0.129. The van der Waals surface area contributed by atoms with E-state index < -0.39 is 36.4 Å². The average molecular weight is 289 g/mol. The molecule has 0 bridgehead atoms. The van der Waals surface area contributed by atoms with E-state index in [1.54, 1.807) is 0 Å². The van der Waals surface area contributed by atoms with Crippen molar-refractivity contribution in [3.63, 3.8) is 0 Å². The molecule has 0 aromatic rings. The van der Waals surface area contributed by atoms with Gasteiger partial charge in [-0.05, 0) is 12.8 Å². The number of carbonyl (C=O) groups is 3. The van der Waals surface area contributed by atoms with Gasteiger partial charge in [0.05, 0.1) is 12.5 Å². The second-order valence-electron chi connectivity index (χ2n) is 4.09. The van der Waals surface area contributed by atoms with Crippen molar-refractivity contribution in [2.75, 3.05) is 6.54 Å². The molecule has 0 fully saturated rings. The van der Waals surface area contributed by atoms with Crippen LogP contribution in [-0.2, 0) is 14.4 Å². The van der Waals surface area contributed by atoms with E-state index in [1.807, 2.05) is 0 Å². The second-order valence-corrected chi connectivity index (χ2v) is 4.09. The average Bonchev–Trinajstić information content (AvgIpc) is 2.31. The number of hydrogen-bond donors (Lipinski definition) is 7. The van der Waals surface area contributed by atoms with Gasteiger partial charge in [-0.2, -0.15) is 0 Å². The molecule has 0 spiro atoms. The summed E-state index contributed by atoms with van der Waals surface area (Å²) < 4.78 is 0. The minimum atomic E-state index is -1.30. The third-order valence-corrected chi connectivity index (χ3v) is 2.33. The highest BCUT2D eigenvalue weighted by atomic mass is 16.4. The van der Waals surface area contributed by atoms with Gasteiger partial charge in [0.2, 0.25) is 5.91 Å². The molecule has 9 N–H and O–H groups in total. The van der Waals surface area contributed by atoms with Crippen LogP contribution < -0.4 is 22.1 Å². The third kappa shape index (κ3) is 7.87. The Balaban J connectivity index is 4.26. The van der Waals surface area contributed by atoms with Crippen molar-refractivity contribution in [1.29, 1.82) is 5.41 Å². The van der Waals surface area contributed by atoms with Gasteiger partial charge in [-0.3, -0.25) is 15.0 Å². The van der Waals surface area contributed by atoms with Crippen molar-refractivity contribution in [1.82, 2.24) is 10.6 Å². The fourth-order valence-corrected chi connectivity index (χ4v) is 1.35. The Kier molecular flexibility index (Phi) is 7.67. The molecule has 10 nitrogen and oxygen atoms in total. The number of nitrogens with two attached hydrogens (primary N) is 2. The maximum Gasteiger partial charge on any atom is 0.326 e. The minimum Gasteiger partial charge on any atom is -0.481 e. The van der Waals surface area contributed by atoms with Gasteiger partial charge in [-0.15, -0.1) is 0 Å². The van der Waals surface area contributed by atoms with E-state index in [1.165, 1.54) is 0 Å². The lowest BCUT2D eigenvalue weighted by atomic mass is 10.1. The quantitative estimate of drug-likeness (QED) is 0.139. The van der Waals surface area contributed by atoms with E-state index in [0.29, 0.717) is 6.42 Å². The highest BCUT2D eigenvalue weighted by molar-refractivity contribution is 5.89. The monoisotopic (exact) mass is 289 g/mol. The molecule has 0 saturated carbocycles. The molecule has 10 heteroatoms. The van der Waals surface area contributed by atoms with E-state index in [2.05, 4.69) is 10.6 Å². The van der Waals surface area contributed by atoms with Crippen LogP contribution in [0.3, 0.4) is 0 Å². The molecule has 1 amide bonds. The number of amides is 1. The van der Waals surface area contributed by atoms with Gasteiger partial charge in [-0.1, -0.05) is 0 Å². The fourth-order valence-electron chi connectivity index (χ4n) is 1.35. The Morgan fingerprint density at radius 3 is 2.30 bits per heavy atom. The Labute approximate surface area is 115 Å². The molecule has 0 aromatic heterocycles. The number of carbonyl (C=O) groups excluding carboxylic acids is 1. The highest BCUT2D eigenvalue weighted by Gasteiger charge is 2.24. The number of aliphatic carboxylic acids is 2. The number of carboxylic acid groups (broad SMARTS) is 2. The van der Waals surface area contributed by atoms with Crippen LogP contribution in [0.25, 0.3) is 0 Å². The first-order valence-electron chi connectivity index (χ1n) is 5.82. The van der Waals surface area contributed by atoms with Crippen LogP contribution in [-0.4, -0.2) is 52.6 Å². The number of nitrogens with one attached hydrogen (secondary N) is 3. The number of carboxylic acids is 2. The van der Waals surface area contributed by atoms with Crippen LogP contribution in [0.4, 0.5) is 0 Å². The number of hydrogen-bond acceptors (Lipinski definition) is 5. The van der Waals surface area contributed by atoms with Gasteiger partial charge >= 0.3 is 11.9 Å². The van der Waals surface area contributed by atoms with E-state index in [9.17, 15) is 14.4 Å². The molecule has 0 aliphatic rings. The maximum absolute atomic E-state index is 11.5. The largest absolute Gasteiger partial charge is 0.481 e. The predicted molar refractivity (Wildman–Crippen MR) is 68.9 cm³/mol. The van der Waals surface area contributed by atoms with Crippen molar-refractivity contribution in [2.45, 2.75) is 31.3 Å². The summed E-state index contributed by atoms with van der Waals surface area (Å²) in [6, 6.07) is -2.47. The molecule has 2 atom stereocenters. The van der Waals surface area contributed by atoms with Crippen LogP contribution >= 0.6 is 0 Å². The van der Waals surface area contributed by atoms with Crippen LogP contribution in [0.15, 0.2) is 0 Å². The zero-order chi connectivity index (χ0) is 15.7. The predicted octanol–water partition coefficient (Wildman–Crippen LogP) is -2.38. The molecule has 114 valence electrons. The summed E-state index contributed by atoms with van der Waals surface area (Å²) in [6.45, 7) is 0.288. The zero-order valence-electron chi connectivity index (χ0n) is 10.8. The van der Waals surface area contributed by atoms with E-state index in [4.69, 9.17) is 27.1 Å². The minimum absolute atomic E-state index is 0.0984. The molecule has 0 rings (SSSR count). The highest BCUT2D eigenvalue weighted by Crippen LogP contribution is 1.99. The number of guanidine groups is 1. The van der Waals surface area contributed by atoms with Crippen LogP contribution in [0.1, 0.15) is 19.3 Å². The molecule has 0 heterocycles. The SMILES string of the molecule is N=C(N)NCCC[C@H](NC(=O)[C@@H](N)CC(=O)O)C(=O)O. The van der Waals surface area contributed by atoms with E-state index in [-0.39, 0.29) is 18.9 Å². The molecule has 20 heavy (non-hydrogen) atoms. The first-order chi connectivity index (χ1) is 9.23. The molecule has 0 aliphatic heterocycles. The van der Waals surface area contributed by atoms with Crippen LogP contribution in [0, 0.1) is 5.41 Å². The lowest BCUT2D eigenvalue weighted by Crippen LogP contribution is -2.49. The van der Waals surface area contributed by atoms with Crippen LogP contribution in [0.2, 0.25) is 0 Å². The van der Waals surface area contributed by atoms with Gasteiger partial charge in [0.25, 0.3) is 0 Å². The summed E-state index contributed by atoms with van der Waals surface area (Å²) >= 11 is 0. The van der Waals surface area contributed by atoms with E-state index >= 15 is 0 Å². The molecular formula is C10H19N5O5. The standard InChI is InChI=1S/C10H19N5O5/c11-5(4-7(16)17)8(18)15-6(9(19)20)2-1-3-14-10(12)13/h5-6H,1-4,11H2,(H,15,18)(H,16,17)(H,19,20)(H4,12,13,14)/t5-,6-/m0/s1. The summed E-state index contributed by atoms with van der Waals surface area (Å²) in [5.74, 6) is -3.56. The normalized spacial score (nSPS) is 13.1. The first-order valence-corrected chi connectivity index (χ1v) is 5.82. The zero-order valence-corrected chi connectivity index (χ0v) is 10.8. The fraction of sp³-hybridized carbons (Fsp3) is 0.600. The second kappa shape index (κ2) is 8.69. The van der Waals surface area contributed by atoms with Crippen molar-refractivity contribution in [2.24, 2.45) is 11.5 Å². The molecule has 0 aliphatic carbocycles. The lowest BCUT2D eigenvalue weighted by molar-refractivity contribution is -0.142. The van der Waals surface area contributed by atoms with Crippen molar-refractivity contribution in [3.05, 3.63) is 0 Å². The Hall–Kier alpha value is -2.36. The first kappa shape index (κ1) is 17.6. The van der Waals surface area contributed by atoms with Gasteiger partial charge in [-0.25, -0.2) is 4.79 Å². The molecule has 0 unspecified atom stereocenters. The summed E-state index contributed by atoms with van der Waals surface area (Å²) in [7, 11) is 0. The van der Waals surface area contributed by atoms with Crippen molar-refractivity contribution < 1.29 is 24.6 Å². The van der Waals surface area contributed by atoms with Crippen LogP contribution in [0.5, 0.6) is 0 Å². The molecule has 0 saturated heterocycles. The topological polar surface area (TPSA) is 192 Å². The number of rotatable bonds is 9. The van der Waals surface area contributed by atoms with Crippen molar-refractivity contribution in [3.8, 4) is 0 Å². The lowest BCUT2D eigenvalue weighted by Gasteiger charge is -2.17.